The summed E-state index contributed by atoms with van der Waals surface area (Å²) in [6, 6.07) is 3.77. The first kappa shape index (κ1) is 28.7. The zero-order chi connectivity index (χ0) is 27.9. The quantitative estimate of drug-likeness (QED) is 0.168. The maximum absolute atomic E-state index is 16.0. The van der Waals surface area contributed by atoms with Gasteiger partial charge in [0.15, 0.2) is 5.67 Å². The molecule has 1 aromatic carbocycles. The van der Waals surface area contributed by atoms with Gasteiger partial charge in [0.25, 0.3) is 0 Å². The lowest BCUT2D eigenvalue weighted by atomic mass is 9.86. The molecule has 0 saturated heterocycles. The molecular weight excluding hydrogens is 473 g/mol. The first-order valence-corrected chi connectivity index (χ1v) is 13.1. The van der Waals surface area contributed by atoms with Gasteiger partial charge in [0.05, 0.1) is 0 Å². The highest BCUT2D eigenvalue weighted by atomic mass is 19.1. The molecule has 0 saturated carbocycles. The molecule has 1 aromatic rings. The Bertz CT molecular complexity index is 1350. The van der Waals surface area contributed by atoms with Gasteiger partial charge in [-0.05, 0) is 97.7 Å². The van der Waals surface area contributed by atoms with Crippen LogP contribution in [0.5, 0.6) is 0 Å². The van der Waals surface area contributed by atoms with Gasteiger partial charge in [0.1, 0.15) is 0 Å². The number of alkyl halides is 1. The summed E-state index contributed by atoms with van der Waals surface area (Å²) < 4.78 is 16.0. The van der Waals surface area contributed by atoms with E-state index >= 15 is 4.39 Å². The van der Waals surface area contributed by atoms with Crippen molar-refractivity contribution in [2.45, 2.75) is 53.1 Å². The summed E-state index contributed by atoms with van der Waals surface area (Å²) in [7, 11) is 0. The number of rotatable bonds is 7. The number of nitrogens with one attached hydrogen (secondary N) is 1. The van der Waals surface area contributed by atoms with Crippen molar-refractivity contribution in [2.24, 2.45) is 16.0 Å². The Morgan fingerprint density at radius 2 is 1.97 bits per heavy atom. The molecule has 1 aliphatic heterocycles. The molecule has 3 rings (SSSR count). The van der Waals surface area contributed by atoms with Gasteiger partial charge in [-0.3, -0.25) is 4.99 Å². The Kier molecular flexibility index (Phi) is 9.49. The number of hydrogen-bond donors (Lipinski definition) is 1. The average Bonchev–Trinajstić information content (AvgIpc) is 2.98. The van der Waals surface area contributed by atoms with E-state index in [-0.39, 0.29) is 5.92 Å². The number of azide groups is 1. The maximum Gasteiger partial charge on any atom is 0.172 e. The third-order valence-corrected chi connectivity index (χ3v) is 7.26. The number of benzene rings is 1. The molecule has 2 atom stereocenters. The molecule has 6 heteroatoms. The Morgan fingerprint density at radius 3 is 2.63 bits per heavy atom. The molecule has 0 radical (unpaired) electrons. The lowest BCUT2D eigenvalue weighted by Crippen LogP contribution is -2.20. The van der Waals surface area contributed by atoms with Gasteiger partial charge in [-0.25, -0.2) is 4.39 Å². The van der Waals surface area contributed by atoms with Crippen molar-refractivity contribution in [1.29, 1.82) is 0 Å². The SMILES string of the molecule is C=Cc1cc(N=[N+]=[N-])cc(/C2=C(/C)CCN=C(C)CCN2)c1C1=CC(C)C(C)=C(C(F)(C=C)/C=C/C)C=C1. The molecule has 2 aliphatic rings. The smallest absolute Gasteiger partial charge is 0.172 e. The molecule has 1 aliphatic carbocycles. The third kappa shape index (κ3) is 6.15. The molecule has 5 nitrogen and oxygen atoms in total. The molecule has 0 spiro atoms. The van der Waals surface area contributed by atoms with E-state index in [1.807, 2.05) is 38.1 Å². The number of allylic oxidation sites excluding steroid dienone is 9. The van der Waals surface area contributed by atoms with E-state index in [0.29, 0.717) is 11.3 Å². The lowest BCUT2D eigenvalue weighted by Gasteiger charge is -2.23. The van der Waals surface area contributed by atoms with Crippen LogP contribution in [-0.4, -0.2) is 24.5 Å². The molecule has 1 N–H and O–H groups in total. The second-order valence-electron chi connectivity index (χ2n) is 9.86. The summed E-state index contributed by atoms with van der Waals surface area (Å²) in [4.78, 5) is 7.71. The maximum atomic E-state index is 16.0. The molecular formula is C32H38FN5. The van der Waals surface area contributed by atoms with E-state index < -0.39 is 5.67 Å². The fourth-order valence-electron chi connectivity index (χ4n) is 5.01. The molecule has 0 bridgehead atoms. The van der Waals surface area contributed by atoms with Crippen LogP contribution in [0.15, 0.2) is 88.6 Å². The van der Waals surface area contributed by atoms with Crippen LogP contribution in [0.1, 0.15) is 64.2 Å². The van der Waals surface area contributed by atoms with Crippen LogP contribution < -0.4 is 5.32 Å². The van der Waals surface area contributed by atoms with Crippen molar-refractivity contribution in [3.63, 3.8) is 0 Å². The van der Waals surface area contributed by atoms with E-state index in [0.717, 1.165) is 65.2 Å². The van der Waals surface area contributed by atoms with E-state index in [1.165, 1.54) is 17.7 Å². The van der Waals surface area contributed by atoms with Crippen molar-refractivity contribution in [3.05, 3.63) is 106 Å². The zero-order valence-corrected chi connectivity index (χ0v) is 23.2. The molecule has 0 fully saturated rings. The second-order valence-corrected chi connectivity index (χ2v) is 9.86. The first-order chi connectivity index (χ1) is 18.2. The van der Waals surface area contributed by atoms with Crippen LogP contribution >= 0.6 is 0 Å². The fourth-order valence-corrected chi connectivity index (χ4v) is 5.01. The van der Waals surface area contributed by atoms with Crippen LogP contribution in [0, 0.1) is 5.92 Å². The van der Waals surface area contributed by atoms with E-state index in [4.69, 9.17) is 0 Å². The van der Waals surface area contributed by atoms with Gasteiger partial charge >= 0.3 is 0 Å². The topological polar surface area (TPSA) is 73.2 Å². The first-order valence-electron chi connectivity index (χ1n) is 13.1. The van der Waals surface area contributed by atoms with Gasteiger partial charge in [-0.15, -0.1) is 0 Å². The zero-order valence-electron chi connectivity index (χ0n) is 23.2. The van der Waals surface area contributed by atoms with Crippen molar-refractivity contribution in [2.75, 3.05) is 13.1 Å². The van der Waals surface area contributed by atoms with Crippen LogP contribution in [0.25, 0.3) is 27.8 Å². The molecule has 1 heterocycles. The molecule has 2 unspecified atom stereocenters. The Morgan fingerprint density at radius 1 is 1.21 bits per heavy atom. The highest BCUT2D eigenvalue weighted by Crippen LogP contribution is 2.40. The van der Waals surface area contributed by atoms with Crippen molar-refractivity contribution in [1.82, 2.24) is 5.32 Å². The Hall–Kier alpha value is -3.89. The molecule has 0 aromatic heterocycles. The summed E-state index contributed by atoms with van der Waals surface area (Å²) in [5.74, 6) is -0.0303. The highest BCUT2D eigenvalue weighted by Gasteiger charge is 2.30. The van der Waals surface area contributed by atoms with Crippen molar-refractivity contribution >= 4 is 28.7 Å². The van der Waals surface area contributed by atoms with E-state index in [1.54, 1.807) is 12.2 Å². The van der Waals surface area contributed by atoms with Crippen molar-refractivity contribution < 1.29 is 4.39 Å². The van der Waals surface area contributed by atoms with E-state index in [2.05, 4.69) is 60.3 Å². The normalized spacial score (nSPS) is 22.1. The van der Waals surface area contributed by atoms with Gasteiger partial charge < -0.3 is 5.32 Å². The summed E-state index contributed by atoms with van der Waals surface area (Å²) in [6.45, 7) is 19.3. The van der Waals surface area contributed by atoms with Crippen molar-refractivity contribution in [3.8, 4) is 0 Å². The Balaban J connectivity index is 2.28. The van der Waals surface area contributed by atoms with Crippen LogP contribution in [0.2, 0.25) is 0 Å². The van der Waals surface area contributed by atoms with Crippen LogP contribution in [-0.2, 0) is 0 Å². The highest BCUT2D eigenvalue weighted by molar-refractivity contribution is 5.91. The monoisotopic (exact) mass is 511 g/mol. The predicted octanol–water partition coefficient (Wildman–Crippen LogP) is 9.22. The van der Waals surface area contributed by atoms with E-state index in [9.17, 15) is 5.53 Å². The number of halogens is 1. The van der Waals surface area contributed by atoms with Gasteiger partial charge in [-0.2, -0.15) is 0 Å². The molecule has 0 amide bonds. The number of hydrogen-bond acceptors (Lipinski definition) is 3. The number of nitrogens with zero attached hydrogens (tertiary/aromatic N) is 4. The average molecular weight is 512 g/mol. The van der Waals surface area contributed by atoms with Gasteiger partial charge in [-0.1, -0.05) is 61.1 Å². The minimum atomic E-state index is -1.77. The summed E-state index contributed by atoms with van der Waals surface area (Å²) in [5.41, 5.74) is 16.4. The minimum absolute atomic E-state index is 0.0303. The second kappa shape index (κ2) is 12.6. The fraction of sp³-hybridized carbons (Fsp3) is 0.344. The van der Waals surface area contributed by atoms with Crippen LogP contribution in [0.4, 0.5) is 10.1 Å². The molecule has 198 valence electrons. The predicted molar refractivity (Wildman–Crippen MR) is 161 cm³/mol. The van der Waals surface area contributed by atoms with Gasteiger partial charge in [0, 0.05) is 47.1 Å². The number of aliphatic imine (C=N–C) groups is 1. The largest absolute Gasteiger partial charge is 0.384 e. The molecule has 38 heavy (non-hydrogen) atoms. The third-order valence-electron chi connectivity index (χ3n) is 7.26. The lowest BCUT2D eigenvalue weighted by molar-refractivity contribution is 0.352. The standard InChI is InChI=1S/C32H38FN5/c1-8-15-32(33,10-3)29-12-11-26(18-22(5)24(29)7)30-25(9-2)19-27(37-38-34)20-28(30)31-21(4)13-16-35-23(6)14-17-36-31/h8-12,15,18-20,22,36H,2-3,13-14,16-17H2,1,4-7H3/b15-8+,31-21+,35-23?. The van der Waals surface area contributed by atoms with Crippen LogP contribution in [0.3, 0.4) is 0 Å². The van der Waals surface area contributed by atoms with Gasteiger partial charge in [0.2, 0.25) is 0 Å². The minimum Gasteiger partial charge on any atom is -0.384 e. The Labute approximate surface area is 226 Å². The summed E-state index contributed by atoms with van der Waals surface area (Å²) in [5, 5.41) is 7.56. The summed E-state index contributed by atoms with van der Waals surface area (Å²) >= 11 is 0. The summed E-state index contributed by atoms with van der Waals surface area (Å²) in [6.07, 6.45) is 14.0.